The molecule has 0 aromatic heterocycles. The molecule has 0 aliphatic carbocycles. The quantitative estimate of drug-likeness (QED) is 0.566. The van der Waals surface area contributed by atoms with Gasteiger partial charge in [-0.15, -0.1) is 0 Å². The summed E-state index contributed by atoms with van der Waals surface area (Å²) in [6, 6.07) is 5.98. The molecule has 0 radical (unpaired) electrons. The van der Waals surface area contributed by atoms with E-state index in [0.717, 1.165) is 0 Å². The van der Waals surface area contributed by atoms with Crippen LogP contribution in [0.4, 0.5) is 0 Å². The SMILES string of the molecule is COOC(=O)c1ccccc1C(=O)OOC. The molecule has 0 heterocycles. The van der Waals surface area contributed by atoms with E-state index in [0.29, 0.717) is 0 Å². The first-order valence-corrected chi connectivity index (χ1v) is 4.29. The van der Waals surface area contributed by atoms with Crippen LogP contribution < -0.4 is 0 Å². The average Bonchev–Trinajstić information content (AvgIpc) is 2.30. The molecular weight excluding hydrogens is 216 g/mol. The number of hydrogen-bond donors (Lipinski definition) is 0. The molecule has 0 N–H and O–H groups in total. The van der Waals surface area contributed by atoms with Crippen LogP contribution in [0.3, 0.4) is 0 Å². The third-order valence-corrected chi connectivity index (χ3v) is 1.68. The highest BCUT2D eigenvalue weighted by Gasteiger charge is 2.19. The number of hydrogen-bond acceptors (Lipinski definition) is 6. The van der Waals surface area contributed by atoms with Crippen molar-refractivity contribution in [3.63, 3.8) is 0 Å². The van der Waals surface area contributed by atoms with E-state index in [-0.39, 0.29) is 11.1 Å². The highest BCUT2D eigenvalue weighted by atomic mass is 17.2. The van der Waals surface area contributed by atoms with Gasteiger partial charge in [0.25, 0.3) is 0 Å². The molecule has 1 aromatic rings. The summed E-state index contributed by atoms with van der Waals surface area (Å²) in [5.74, 6) is -1.57. The maximum absolute atomic E-state index is 11.4. The Labute approximate surface area is 91.5 Å². The van der Waals surface area contributed by atoms with Gasteiger partial charge in [0.15, 0.2) is 0 Å². The molecule has 0 fully saturated rings. The van der Waals surface area contributed by atoms with Crippen LogP contribution in [0.5, 0.6) is 0 Å². The highest BCUT2D eigenvalue weighted by molar-refractivity contribution is 6.02. The van der Waals surface area contributed by atoms with Gasteiger partial charge in [0.1, 0.15) is 0 Å². The maximum atomic E-state index is 11.4. The van der Waals surface area contributed by atoms with Gasteiger partial charge in [-0.25, -0.2) is 9.59 Å². The number of benzene rings is 1. The summed E-state index contributed by atoms with van der Waals surface area (Å²) < 4.78 is 0. The Morgan fingerprint density at radius 1 is 0.875 bits per heavy atom. The predicted octanol–water partition coefficient (Wildman–Crippen LogP) is 1.12. The zero-order valence-corrected chi connectivity index (χ0v) is 8.76. The summed E-state index contributed by atoms with van der Waals surface area (Å²) in [5, 5.41) is 0. The standard InChI is InChI=1S/C10H10O6/c1-13-15-9(11)7-5-3-4-6-8(7)10(12)16-14-2/h3-6H,1-2H3. The summed E-state index contributed by atoms with van der Waals surface area (Å²) in [5.41, 5.74) is 0.0674. The Bertz CT molecular complexity index is 350. The van der Waals surface area contributed by atoms with Gasteiger partial charge in [-0.2, -0.15) is 9.78 Å². The molecule has 1 rings (SSSR count). The summed E-state index contributed by atoms with van der Waals surface area (Å²) in [7, 11) is 2.38. The fraction of sp³-hybridized carbons (Fsp3) is 0.200. The van der Waals surface area contributed by atoms with Crippen LogP contribution >= 0.6 is 0 Å². The van der Waals surface area contributed by atoms with Crippen LogP contribution in [0.2, 0.25) is 0 Å². The Kier molecular flexibility index (Phi) is 4.43. The van der Waals surface area contributed by atoms with Crippen LogP contribution in [-0.4, -0.2) is 26.2 Å². The van der Waals surface area contributed by atoms with Crippen molar-refractivity contribution in [1.29, 1.82) is 0 Å². The maximum Gasteiger partial charge on any atom is 0.373 e. The second kappa shape index (κ2) is 5.84. The molecule has 6 heteroatoms. The third-order valence-electron chi connectivity index (χ3n) is 1.68. The topological polar surface area (TPSA) is 71.1 Å². The molecule has 0 unspecified atom stereocenters. The van der Waals surface area contributed by atoms with Crippen molar-refractivity contribution < 1.29 is 29.1 Å². The normalized spacial score (nSPS) is 9.62. The van der Waals surface area contributed by atoms with Gasteiger partial charge < -0.3 is 0 Å². The molecule has 16 heavy (non-hydrogen) atoms. The van der Waals surface area contributed by atoms with Gasteiger partial charge in [0, 0.05) is 0 Å². The van der Waals surface area contributed by atoms with Crippen molar-refractivity contribution >= 4 is 11.9 Å². The Morgan fingerprint density at radius 2 is 1.25 bits per heavy atom. The Balaban J connectivity index is 3.00. The van der Waals surface area contributed by atoms with Crippen molar-refractivity contribution in [2.24, 2.45) is 0 Å². The van der Waals surface area contributed by atoms with E-state index in [1.54, 1.807) is 12.1 Å². The molecule has 0 amide bonds. The van der Waals surface area contributed by atoms with Crippen molar-refractivity contribution in [1.82, 2.24) is 0 Å². The zero-order valence-electron chi connectivity index (χ0n) is 8.76. The second-order valence-electron chi connectivity index (χ2n) is 2.62. The zero-order chi connectivity index (χ0) is 12.0. The second-order valence-corrected chi connectivity index (χ2v) is 2.62. The van der Waals surface area contributed by atoms with Crippen LogP contribution in [0.1, 0.15) is 20.7 Å². The van der Waals surface area contributed by atoms with Gasteiger partial charge in [-0.1, -0.05) is 12.1 Å². The van der Waals surface area contributed by atoms with Crippen LogP contribution in [0, 0.1) is 0 Å². The van der Waals surface area contributed by atoms with E-state index >= 15 is 0 Å². The molecule has 0 saturated carbocycles. The van der Waals surface area contributed by atoms with Crippen LogP contribution in [0.15, 0.2) is 24.3 Å². The molecule has 0 saturated heterocycles. The lowest BCUT2D eigenvalue weighted by Gasteiger charge is -2.05. The predicted molar refractivity (Wildman–Crippen MR) is 51.3 cm³/mol. The first-order valence-electron chi connectivity index (χ1n) is 4.29. The molecule has 0 spiro atoms. The van der Waals surface area contributed by atoms with Gasteiger partial charge in [0.2, 0.25) is 0 Å². The average molecular weight is 226 g/mol. The molecular formula is C10H10O6. The summed E-state index contributed by atoms with van der Waals surface area (Å²) in [6.07, 6.45) is 0. The number of rotatable bonds is 4. The molecule has 0 bridgehead atoms. The fourth-order valence-corrected chi connectivity index (χ4v) is 1.08. The largest absolute Gasteiger partial charge is 0.373 e. The van der Waals surface area contributed by atoms with E-state index in [2.05, 4.69) is 19.6 Å². The summed E-state index contributed by atoms with van der Waals surface area (Å²) in [6.45, 7) is 0. The van der Waals surface area contributed by atoms with E-state index in [9.17, 15) is 9.59 Å². The van der Waals surface area contributed by atoms with Gasteiger partial charge >= 0.3 is 11.9 Å². The van der Waals surface area contributed by atoms with Crippen LogP contribution in [0.25, 0.3) is 0 Å². The first-order chi connectivity index (χ1) is 7.70. The Morgan fingerprint density at radius 3 is 1.56 bits per heavy atom. The lowest BCUT2D eigenvalue weighted by Crippen LogP contribution is -2.13. The van der Waals surface area contributed by atoms with Crippen LogP contribution in [-0.2, 0) is 19.6 Å². The third kappa shape index (κ3) is 2.78. The molecule has 6 nitrogen and oxygen atoms in total. The smallest absolute Gasteiger partial charge is 0.293 e. The van der Waals surface area contributed by atoms with Crippen molar-refractivity contribution in [3.05, 3.63) is 35.4 Å². The molecule has 0 atom stereocenters. The fourth-order valence-electron chi connectivity index (χ4n) is 1.08. The minimum atomic E-state index is -0.786. The van der Waals surface area contributed by atoms with Crippen molar-refractivity contribution in [2.75, 3.05) is 14.2 Å². The summed E-state index contributed by atoms with van der Waals surface area (Å²) >= 11 is 0. The summed E-state index contributed by atoms with van der Waals surface area (Å²) in [4.78, 5) is 39.8. The van der Waals surface area contributed by atoms with E-state index in [1.165, 1.54) is 26.4 Å². The van der Waals surface area contributed by atoms with Gasteiger partial charge in [-0.05, 0) is 12.1 Å². The molecule has 1 aromatic carbocycles. The van der Waals surface area contributed by atoms with E-state index in [4.69, 9.17) is 0 Å². The monoisotopic (exact) mass is 226 g/mol. The van der Waals surface area contributed by atoms with Crippen molar-refractivity contribution in [2.45, 2.75) is 0 Å². The van der Waals surface area contributed by atoms with E-state index < -0.39 is 11.9 Å². The molecule has 0 aliphatic rings. The molecule has 86 valence electrons. The Hall–Kier alpha value is -1.92. The number of carbonyl (C=O) groups is 2. The minimum absolute atomic E-state index is 0.0337. The van der Waals surface area contributed by atoms with Gasteiger partial charge in [0.05, 0.1) is 25.3 Å². The number of carbonyl (C=O) groups excluding carboxylic acids is 2. The minimum Gasteiger partial charge on any atom is -0.293 e. The van der Waals surface area contributed by atoms with E-state index in [1.807, 2.05) is 0 Å². The lowest BCUT2D eigenvalue weighted by molar-refractivity contribution is -0.218. The first kappa shape index (κ1) is 12.2. The van der Waals surface area contributed by atoms with Gasteiger partial charge in [-0.3, -0.25) is 9.78 Å². The van der Waals surface area contributed by atoms with Crippen molar-refractivity contribution in [3.8, 4) is 0 Å². The highest BCUT2D eigenvalue weighted by Crippen LogP contribution is 2.11. The lowest BCUT2D eigenvalue weighted by atomic mass is 10.1. The molecule has 0 aliphatic heterocycles.